The van der Waals surface area contributed by atoms with E-state index in [0.29, 0.717) is 0 Å². The Morgan fingerprint density at radius 2 is 1.75 bits per heavy atom. The fraction of sp³-hybridized carbons (Fsp3) is 0.857. The quantitative estimate of drug-likeness (QED) is 0.731. The van der Waals surface area contributed by atoms with Crippen LogP contribution in [0.1, 0.15) is 53.9 Å². The molecule has 20 heavy (non-hydrogen) atoms. The summed E-state index contributed by atoms with van der Waals surface area (Å²) in [4.78, 5) is 29.8. The topological polar surface area (TPSA) is 67.9 Å². The van der Waals surface area contributed by atoms with E-state index in [9.17, 15) is 9.59 Å². The van der Waals surface area contributed by atoms with Crippen LogP contribution in [0.5, 0.6) is 0 Å². The molecule has 0 spiro atoms. The first-order chi connectivity index (χ1) is 9.26. The van der Waals surface area contributed by atoms with Gasteiger partial charge in [-0.05, 0) is 33.6 Å². The van der Waals surface area contributed by atoms with Gasteiger partial charge in [-0.1, -0.05) is 13.8 Å². The summed E-state index contributed by atoms with van der Waals surface area (Å²) < 4.78 is 5.45. The predicted molar refractivity (Wildman–Crippen MR) is 77.1 cm³/mol. The van der Waals surface area contributed by atoms with Crippen molar-refractivity contribution in [3.8, 4) is 0 Å². The van der Waals surface area contributed by atoms with E-state index in [0.717, 1.165) is 12.8 Å². The van der Waals surface area contributed by atoms with Crippen molar-refractivity contribution in [2.24, 2.45) is 0 Å². The average Bonchev–Trinajstić information content (AvgIpc) is 2.34. The van der Waals surface area contributed by atoms with Gasteiger partial charge in [0.25, 0.3) is 0 Å². The van der Waals surface area contributed by atoms with Gasteiger partial charge in [0.05, 0.1) is 7.11 Å². The second-order valence-corrected chi connectivity index (χ2v) is 5.62. The van der Waals surface area contributed by atoms with Gasteiger partial charge in [-0.25, -0.2) is 10.3 Å². The molecule has 0 rings (SSSR count). The molecule has 0 radical (unpaired) electrons. The third-order valence-electron chi connectivity index (χ3n) is 2.99. The number of carbonyl (C=O) groups excluding carboxylic acids is 2. The second-order valence-electron chi connectivity index (χ2n) is 5.62. The highest BCUT2D eigenvalue weighted by Gasteiger charge is 2.29. The highest BCUT2D eigenvalue weighted by molar-refractivity contribution is 5.76. The van der Waals surface area contributed by atoms with Crippen LogP contribution >= 0.6 is 0 Å². The van der Waals surface area contributed by atoms with Crippen molar-refractivity contribution < 1.29 is 19.2 Å². The van der Waals surface area contributed by atoms with E-state index >= 15 is 0 Å². The molecule has 6 nitrogen and oxygen atoms in total. The zero-order chi connectivity index (χ0) is 15.8. The van der Waals surface area contributed by atoms with Gasteiger partial charge >= 0.3 is 6.09 Å². The number of hydrogen-bond donors (Lipinski definition) is 1. The van der Waals surface area contributed by atoms with Crippen LogP contribution in [0.3, 0.4) is 0 Å². The third kappa shape index (κ3) is 6.75. The van der Waals surface area contributed by atoms with Gasteiger partial charge in [-0.15, -0.1) is 0 Å². The lowest BCUT2D eigenvalue weighted by atomic mass is 10.1. The van der Waals surface area contributed by atoms with Crippen molar-refractivity contribution >= 4 is 12.0 Å². The molecule has 0 aliphatic carbocycles. The minimum atomic E-state index is -0.406. The summed E-state index contributed by atoms with van der Waals surface area (Å²) in [7, 11) is 1.38. The molecule has 0 aliphatic rings. The first kappa shape index (κ1) is 18.7. The number of amides is 2. The number of hydroxylamine groups is 1. The van der Waals surface area contributed by atoms with Crippen molar-refractivity contribution in [1.29, 1.82) is 0 Å². The van der Waals surface area contributed by atoms with Crippen LogP contribution in [0.15, 0.2) is 0 Å². The predicted octanol–water partition coefficient (Wildman–Crippen LogP) is 2.48. The molecule has 1 N–H and O–H groups in total. The first-order valence-corrected chi connectivity index (χ1v) is 7.06. The summed E-state index contributed by atoms with van der Waals surface area (Å²) >= 11 is 0. The van der Waals surface area contributed by atoms with Crippen LogP contribution in [-0.2, 0) is 14.4 Å². The minimum absolute atomic E-state index is 0.0832. The van der Waals surface area contributed by atoms with Gasteiger partial charge in [0, 0.05) is 18.5 Å². The molecule has 0 saturated carbocycles. The lowest BCUT2D eigenvalue weighted by Gasteiger charge is -2.35. The maximum absolute atomic E-state index is 12.2. The summed E-state index contributed by atoms with van der Waals surface area (Å²) in [6.07, 6.45) is 1.27. The number of nitrogens with zero attached hydrogens (tertiary/aromatic N) is 1. The maximum atomic E-state index is 12.2. The molecule has 0 bridgehead atoms. The molecule has 2 amide bonds. The van der Waals surface area contributed by atoms with Gasteiger partial charge in [0.2, 0.25) is 5.91 Å². The van der Waals surface area contributed by atoms with E-state index in [1.54, 1.807) is 4.90 Å². The molecule has 0 aromatic rings. The van der Waals surface area contributed by atoms with Crippen LogP contribution in [0.2, 0.25) is 0 Å². The van der Waals surface area contributed by atoms with Crippen molar-refractivity contribution in [3.05, 3.63) is 0 Å². The van der Waals surface area contributed by atoms with E-state index in [1.165, 1.54) is 7.11 Å². The molecule has 0 fully saturated rings. The summed E-state index contributed by atoms with van der Waals surface area (Å²) in [5.41, 5.74) is 1.83. The fourth-order valence-electron chi connectivity index (χ4n) is 1.74. The van der Waals surface area contributed by atoms with E-state index < -0.39 is 5.54 Å². The Balaban J connectivity index is 4.64. The van der Waals surface area contributed by atoms with E-state index in [1.807, 2.05) is 34.6 Å². The van der Waals surface area contributed by atoms with Crippen molar-refractivity contribution in [3.63, 3.8) is 0 Å². The van der Waals surface area contributed by atoms with Crippen molar-refractivity contribution in [1.82, 2.24) is 10.4 Å². The molecule has 0 aliphatic heterocycles. The van der Waals surface area contributed by atoms with E-state index in [2.05, 4.69) is 10.3 Å². The van der Waals surface area contributed by atoms with Crippen molar-refractivity contribution in [2.75, 3.05) is 13.7 Å². The summed E-state index contributed by atoms with van der Waals surface area (Å²) in [6, 6.07) is 0. The normalized spacial score (nSPS) is 11.3. The lowest BCUT2D eigenvalue weighted by molar-refractivity contribution is -0.131. The Hall–Kier alpha value is -1.30. The number of rotatable bonds is 7. The Labute approximate surface area is 121 Å². The van der Waals surface area contributed by atoms with E-state index in [4.69, 9.17) is 4.74 Å². The van der Waals surface area contributed by atoms with E-state index in [-0.39, 0.29) is 31.1 Å². The fourth-order valence-corrected chi connectivity index (χ4v) is 1.74. The SMILES string of the molecule is CCC(CC)OC(=O)N(CCC(=O)NOC)C(C)(C)C. The molecular weight excluding hydrogens is 260 g/mol. The molecule has 0 aromatic heterocycles. The Kier molecular flexibility index (Phi) is 8.22. The van der Waals surface area contributed by atoms with Crippen molar-refractivity contribution in [2.45, 2.75) is 65.5 Å². The Morgan fingerprint density at radius 3 is 2.15 bits per heavy atom. The Morgan fingerprint density at radius 1 is 1.20 bits per heavy atom. The summed E-state index contributed by atoms with van der Waals surface area (Å²) in [6.45, 7) is 9.99. The highest BCUT2D eigenvalue weighted by atomic mass is 16.6. The zero-order valence-electron chi connectivity index (χ0n) is 13.5. The van der Waals surface area contributed by atoms with Gasteiger partial charge in [0.1, 0.15) is 6.10 Å². The lowest BCUT2D eigenvalue weighted by Crippen LogP contribution is -2.48. The zero-order valence-corrected chi connectivity index (χ0v) is 13.5. The maximum Gasteiger partial charge on any atom is 0.410 e. The minimum Gasteiger partial charge on any atom is -0.446 e. The van der Waals surface area contributed by atoms with Gasteiger partial charge in [0.15, 0.2) is 0 Å². The number of nitrogens with one attached hydrogen (secondary N) is 1. The first-order valence-electron chi connectivity index (χ1n) is 7.06. The van der Waals surface area contributed by atoms with Crippen LogP contribution in [0.4, 0.5) is 4.79 Å². The molecule has 0 heterocycles. The van der Waals surface area contributed by atoms with Gasteiger partial charge in [-0.3, -0.25) is 9.63 Å². The van der Waals surface area contributed by atoms with Crippen LogP contribution in [-0.4, -0.2) is 42.2 Å². The molecule has 0 atom stereocenters. The molecule has 0 aromatic carbocycles. The van der Waals surface area contributed by atoms with Gasteiger partial charge in [-0.2, -0.15) is 0 Å². The summed E-state index contributed by atoms with van der Waals surface area (Å²) in [5.74, 6) is -0.267. The number of hydrogen-bond acceptors (Lipinski definition) is 4. The molecule has 118 valence electrons. The Bertz CT molecular complexity index is 309. The van der Waals surface area contributed by atoms with Crippen LogP contribution in [0, 0.1) is 0 Å². The standard InChI is InChI=1S/C14H28N2O4/c1-7-11(8-2)20-13(18)16(14(3,4)5)10-9-12(17)15-19-6/h11H,7-10H2,1-6H3,(H,15,17). The summed E-state index contributed by atoms with van der Waals surface area (Å²) in [5, 5.41) is 0. The van der Waals surface area contributed by atoms with Gasteiger partial charge < -0.3 is 9.64 Å². The average molecular weight is 288 g/mol. The number of ether oxygens (including phenoxy) is 1. The van der Waals surface area contributed by atoms with Crippen LogP contribution < -0.4 is 5.48 Å². The number of carbonyl (C=O) groups is 2. The molecule has 0 unspecified atom stereocenters. The monoisotopic (exact) mass is 288 g/mol. The largest absolute Gasteiger partial charge is 0.446 e. The van der Waals surface area contributed by atoms with Crippen LogP contribution in [0.25, 0.3) is 0 Å². The second kappa shape index (κ2) is 8.79. The molecule has 0 saturated heterocycles. The third-order valence-corrected chi connectivity index (χ3v) is 2.99. The molecular formula is C14H28N2O4. The molecule has 6 heteroatoms. The smallest absolute Gasteiger partial charge is 0.410 e. The highest BCUT2D eigenvalue weighted by Crippen LogP contribution is 2.17.